The van der Waals surface area contributed by atoms with Crippen molar-refractivity contribution in [1.82, 2.24) is 0 Å². The first-order valence-corrected chi connectivity index (χ1v) is 4.82. The van der Waals surface area contributed by atoms with Crippen LogP contribution in [0.4, 0.5) is 5.69 Å². The van der Waals surface area contributed by atoms with Gasteiger partial charge in [0.05, 0.1) is 12.8 Å². The average Bonchev–Trinajstić information content (AvgIpc) is 2.38. The smallest absolute Gasteiger partial charge is 0.251 e. The van der Waals surface area contributed by atoms with E-state index in [1.807, 2.05) is 0 Å². The van der Waals surface area contributed by atoms with Crippen molar-refractivity contribution < 1.29 is 14.3 Å². The number of rotatable bonds is 1. The number of carbonyl (C=O) groups excluding carboxylic acids is 2. The average molecular weight is 217 g/mol. The molecule has 0 saturated heterocycles. The Morgan fingerprint density at radius 2 is 2.12 bits per heavy atom. The first kappa shape index (κ1) is 10.4. The fourth-order valence-corrected chi connectivity index (χ4v) is 1.57. The molecule has 0 radical (unpaired) electrons. The van der Waals surface area contributed by atoms with Crippen LogP contribution in [0.3, 0.4) is 0 Å². The van der Waals surface area contributed by atoms with Crippen LogP contribution in [0, 0.1) is 0 Å². The maximum Gasteiger partial charge on any atom is 0.251 e. The second kappa shape index (κ2) is 3.81. The number of ether oxygens (including phenoxy) is 1. The summed E-state index contributed by atoms with van der Waals surface area (Å²) >= 11 is 0. The van der Waals surface area contributed by atoms with Crippen LogP contribution >= 0.6 is 0 Å². The molecule has 0 saturated carbocycles. The molecular formula is C12H11NO3. The summed E-state index contributed by atoms with van der Waals surface area (Å²) in [7, 11) is 1.53. The topological polar surface area (TPSA) is 55.4 Å². The van der Waals surface area contributed by atoms with Gasteiger partial charge in [-0.1, -0.05) is 6.58 Å². The monoisotopic (exact) mass is 217 g/mol. The number of hydrogen-bond donors (Lipinski definition) is 1. The van der Waals surface area contributed by atoms with Crippen LogP contribution < -0.4 is 10.1 Å². The molecule has 82 valence electrons. The second-order valence-corrected chi connectivity index (χ2v) is 3.57. The fraction of sp³-hybridized carbons (Fsp3) is 0.167. The van der Waals surface area contributed by atoms with Crippen LogP contribution in [0.2, 0.25) is 0 Å². The molecule has 4 heteroatoms. The Kier molecular flexibility index (Phi) is 2.48. The van der Waals surface area contributed by atoms with Crippen molar-refractivity contribution in [2.24, 2.45) is 0 Å². The van der Waals surface area contributed by atoms with E-state index in [0.717, 1.165) is 0 Å². The van der Waals surface area contributed by atoms with Crippen molar-refractivity contribution in [3.05, 3.63) is 35.9 Å². The lowest BCUT2D eigenvalue weighted by Crippen LogP contribution is -2.11. The van der Waals surface area contributed by atoms with Crippen LogP contribution in [-0.4, -0.2) is 18.8 Å². The highest BCUT2D eigenvalue weighted by molar-refractivity contribution is 6.16. The number of amides is 1. The molecule has 1 heterocycles. The van der Waals surface area contributed by atoms with Gasteiger partial charge < -0.3 is 10.1 Å². The van der Waals surface area contributed by atoms with E-state index in [1.54, 1.807) is 18.2 Å². The van der Waals surface area contributed by atoms with E-state index in [1.165, 1.54) is 7.11 Å². The summed E-state index contributed by atoms with van der Waals surface area (Å²) in [4.78, 5) is 23.3. The minimum Gasteiger partial charge on any atom is -0.497 e. The normalized spacial score (nSPS) is 15.2. The molecule has 0 spiro atoms. The zero-order chi connectivity index (χ0) is 11.7. The van der Waals surface area contributed by atoms with Gasteiger partial charge in [-0.3, -0.25) is 9.59 Å². The molecule has 2 rings (SSSR count). The Hall–Kier alpha value is -2.10. The number of nitrogens with one attached hydrogen (secondary N) is 1. The van der Waals surface area contributed by atoms with Crippen molar-refractivity contribution in [2.45, 2.75) is 6.42 Å². The standard InChI is InChI=1S/C12H11NO3/c1-7-5-11(14)9-6-8(16-2)3-4-10(9)13-12(7)15/h3-4,6H,1,5H2,2H3,(H,13,15). The Labute approximate surface area is 92.9 Å². The van der Waals surface area contributed by atoms with Gasteiger partial charge in [0.1, 0.15) is 5.75 Å². The summed E-state index contributed by atoms with van der Waals surface area (Å²) in [5, 5.41) is 2.64. The maximum atomic E-state index is 11.8. The summed E-state index contributed by atoms with van der Waals surface area (Å²) < 4.78 is 5.04. The minimum absolute atomic E-state index is 0.0476. The van der Waals surface area contributed by atoms with Crippen molar-refractivity contribution in [2.75, 3.05) is 12.4 Å². The predicted molar refractivity (Wildman–Crippen MR) is 59.7 cm³/mol. The Balaban J connectivity index is 2.51. The molecule has 0 fully saturated rings. The van der Waals surface area contributed by atoms with E-state index in [4.69, 9.17) is 4.74 Å². The van der Waals surface area contributed by atoms with Crippen molar-refractivity contribution in [1.29, 1.82) is 0 Å². The minimum atomic E-state index is -0.308. The van der Waals surface area contributed by atoms with Gasteiger partial charge >= 0.3 is 0 Å². The third-order valence-electron chi connectivity index (χ3n) is 2.47. The largest absolute Gasteiger partial charge is 0.497 e. The lowest BCUT2D eigenvalue weighted by molar-refractivity contribution is -0.112. The molecule has 0 atom stereocenters. The van der Waals surface area contributed by atoms with Crippen LogP contribution in [0.25, 0.3) is 0 Å². The number of hydrogen-bond acceptors (Lipinski definition) is 3. The van der Waals surface area contributed by atoms with Gasteiger partial charge in [0, 0.05) is 17.6 Å². The van der Waals surface area contributed by atoms with Gasteiger partial charge in [-0.2, -0.15) is 0 Å². The molecule has 1 aliphatic heterocycles. The van der Waals surface area contributed by atoms with Crippen molar-refractivity contribution >= 4 is 17.4 Å². The Morgan fingerprint density at radius 1 is 1.38 bits per heavy atom. The van der Waals surface area contributed by atoms with E-state index < -0.39 is 0 Å². The molecule has 0 bridgehead atoms. The SMILES string of the molecule is C=C1CC(=O)c2cc(OC)ccc2NC1=O. The van der Waals surface area contributed by atoms with Gasteiger partial charge in [0.25, 0.3) is 5.91 Å². The zero-order valence-electron chi connectivity index (χ0n) is 8.87. The summed E-state index contributed by atoms with van der Waals surface area (Å²) in [5.41, 5.74) is 1.25. The first-order valence-electron chi connectivity index (χ1n) is 4.82. The molecule has 0 aliphatic carbocycles. The predicted octanol–water partition coefficient (Wildman–Crippen LogP) is 1.78. The van der Waals surface area contributed by atoms with Gasteiger partial charge in [-0.25, -0.2) is 0 Å². The van der Waals surface area contributed by atoms with Crippen molar-refractivity contribution in [3.8, 4) is 5.75 Å². The summed E-state index contributed by atoms with van der Waals surface area (Å²) in [5.74, 6) is 0.156. The molecule has 16 heavy (non-hydrogen) atoms. The quantitative estimate of drug-likeness (QED) is 0.729. The highest BCUT2D eigenvalue weighted by atomic mass is 16.5. The molecule has 1 aliphatic rings. The molecular weight excluding hydrogens is 206 g/mol. The molecule has 0 aromatic heterocycles. The number of ketones is 1. The fourth-order valence-electron chi connectivity index (χ4n) is 1.57. The molecule has 1 aromatic rings. The Bertz CT molecular complexity index is 491. The number of methoxy groups -OCH3 is 1. The summed E-state index contributed by atoms with van der Waals surface area (Å²) in [6, 6.07) is 4.97. The maximum absolute atomic E-state index is 11.8. The summed E-state index contributed by atoms with van der Waals surface area (Å²) in [6.45, 7) is 3.57. The van der Waals surface area contributed by atoms with E-state index >= 15 is 0 Å². The van der Waals surface area contributed by atoms with Gasteiger partial charge in [-0.05, 0) is 18.2 Å². The van der Waals surface area contributed by atoms with Crippen LogP contribution in [0.5, 0.6) is 5.75 Å². The lowest BCUT2D eigenvalue weighted by atomic mass is 10.0. The van der Waals surface area contributed by atoms with Crippen molar-refractivity contribution in [3.63, 3.8) is 0 Å². The van der Waals surface area contributed by atoms with Crippen LogP contribution in [-0.2, 0) is 4.79 Å². The van der Waals surface area contributed by atoms with E-state index in [2.05, 4.69) is 11.9 Å². The highest BCUT2D eigenvalue weighted by Gasteiger charge is 2.22. The molecule has 1 N–H and O–H groups in total. The van der Waals surface area contributed by atoms with E-state index in [0.29, 0.717) is 17.0 Å². The molecule has 1 aromatic carbocycles. The van der Waals surface area contributed by atoms with E-state index in [9.17, 15) is 9.59 Å². The number of fused-ring (bicyclic) bond motifs is 1. The lowest BCUT2D eigenvalue weighted by Gasteiger charge is -2.07. The Morgan fingerprint density at radius 3 is 2.81 bits per heavy atom. The highest BCUT2D eigenvalue weighted by Crippen LogP contribution is 2.27. The van der Waals surface area contributed by atoms with Crippen LogP contribution in [0.15, 0.2) is 30.4 Å². The number of anilines is 1. The van der Waals surface area contributed by atoms with E-state index in [-0.39, 0.29) is 23.7 Å². The van der Waals surface area contributed by atoms with Gasteiger partial charge in [0.2, 0.25) is 0 Å². The number of benzene rings is 1. The van der Waals surface area contributed by atoms with Gasteiger partial charge in [0.15, 0.2) is 5.78 Å². The first-order chi connectivity index (χ1) is 7.61. The number of carbonyl (C=O) groups is 2. The third-order valence-corrected chi connectivity index (χ3v) is 2.47. The third kappa shape index (κ3) is 1.69. The number of Topliss-reactive ketones (excluding diaryl/α,β-unsaturated/α-hetero) is 1. The summed E-state index contributed by atoms with van der Waals surface area (Å²) in [6.07, 6.45) is 0.0476. The van der Waals surface area contributed by atoms with Crippen LogP contribution in [0.1, 0.15) is 16.8 Å². The molecule has 0 unspecified atom stereocenters. The second-order valence-electron chi connectivity index (χ2n) is 3.57. The van der Waals surface area contributed by atoms with Gasteiger partial charge in [-0.15, -0.1) is 0 Å². The zero-order valence-corrected chi connectivity index (χ0v) is 8.87. The molecule has 1 amide bonds. The molecule has 4 nitrogen and oxygen atoms in total.